The fourth-order valence-electron chi connectivity index (χ4n) is 2.28. The Hall–Kier alpha value is -0.800. The van der Waals surface area contributed by atoms with Crippen LogP contribution in [0, 0.1) is 5.92 Å². The van der Waals surface area contributed by atoms with Crippen LogP contribution in [0.1, 0.15) is 46.3 Å². The smallest absolute Gasteiger partial charge is 0.117 e. The van der Waals surface area contributed by atoms with E-state index in [9.17, 15) is 0 Å². The molecule has 0 aliphatic carbocycles. The summed E-state index contributed by atoms with van der Waals surface area (Å²) in [4.78, 5) is 2.47. The van der Waals surface area contributed by atoms with Crippen molar-refractivity contribution in [1.82, 2.24) is 10.2 Å². The standard InChI is InChI=1S/C16H30N2O/c1-5-18(13-16-9-7-11-19-16)15(4)8-6-10-17-12-14(2)3/h7,9,11,14-15,17H,5-6,8,10,12-13H2,1-4H3. The molecule has 0 fully saturated rings. The Morgan fingerprint density at radius 3 is 2.68 bits per heavy atom. The number of nitrogens with one attached hydrogen (secondary N) is 1. The first kappa shape index (κ1) is 16.3. The zero-order chi connectivity index (χ0) is 14.1. The highest BCUT2D eigenvalue weighted by molar-refractivity contribution is 4.98. The predicted molar refractivity (Wildman–Crippen MR) is 81.2 cm³/mol. The van der Waals surface area contributed by atoms with Gasteiger partial charge < -0.3 is 9.73 Å². The first-order valence-corrected chi connectivity index (χ1v) is 7.60. The second kappa shape index (κ2) is 9.16. The van der Waals surface area contributed by atoms with E-state index in [0.717, 1.165) is 37.9 Å². The van der Waals surface area contributed by atoms with Crippen LogP contribution < -0.4 is 5.32 Å². The van der Waals surface area contributed by atoms with E-state index < -0.39 is 0 Å². The predicted octanol–water partition coefficient (Wildman–Crippen LogP) is 3.52. The molecule has 1 unspecified atom stereocenters. The quantitative estimate of drug-likeness (QED) is 0.657. The molecule has 3 heteroatoms. The molecule has 3 nitrogen and oxygen atoms in total. The van der Waals surface area contributed by atoms with Crippen molar-refractivity contribution in [2.24, 2.45) is 5.92 Å². The van der Waals surface area contributed by atoms with Gasteiger partial charge in [0.05, 0.1) is 12.8 Å². The lowest BCUT2D eigenvalue weighted by Gasteiger charge is -2.27. The van der Waals surface area contributed by atoms with Crippen molar-refractivity contribution in [1.29, 1.82) is 0 Å². The van der Waals surface area contributed by atoms with Gasteiger partial charge in [0.2, 0.25) is 0 Å². The minimum absolute atomic E-state index is 0.607. The van der Waals surface area contributed by atoms with Gasteiger partial charge in [0, 0.05) is 6.04 Å². The number of hydrogen-bond acceptors (Lipinski definition) is 3. The summed E-state index contributed by atoms with van der Waals surface area (Å²) in [5.41, 5.74) is 0. The highest BCUT2D eigenvalue weighted by Crippen LogP contribution is 2.12. The molecule has 1 aromatic rings. The molecule has 0 saturated carbocycles. The van der Waals surface area contributed by atoms with Crippen molar-refractivity contribution < 1.29 is 4.42 Å². The van der Waals surface area contributed by atoms with E-state index in [1.165, 1.54) is 12.8 Å². The van der Waals surface area contributed by atoms with E-state index in [1.807, 2.05) is 6.07 Å². The molecule has 19 heavy (non-hydrogen) atoms. The molecule has 0 aliphatic rings. The fourth-order valence-corrected chi connectivity index (χ4v) is 2.28. The van der Waals surface area contributed by atoms with E-state index in [1.54, 1.807) is 6.26 Å². The number of hydrogen-bond donors (Lipinski definition) is 1. The molecular weight excluding hydrogens is 236 g/mol. The molecular formula is C16H30N2O. The van der Waals surface area contributed by atoms with E-state index in [-0.39, 0.29) is 0 Å². The molecule has 0 saturated heterocycles. The highest BCUT2D eigenvalue weighted by atomic mass is 16.3. The number of nitrogens with zero attached hydrogens (tertiary/aromatic N) is 1. The van der Waals surface area contributed by atoms with Crippen molar-refractivity contribution in [3.05, 3.63) is 24.2 Å². The fraction of sp³-hybridized carbons (Fsp3) is 0.750. The Morgan fingerprint density at radius 2 is 2.11 bits per heavy atom. The van der Waals surface area contributed by atoms with Gasteiger partial charge in [0.15, 0.2) is 0 Å². The summed E-state index contributed by atoms with van der Waals surface area (Å²) in [6.45, 7) is 13.3. The second-order valence-electron chi connectivity index (χ2n) is 5.73. The van der Waals surface area contributed by atoms with E-state index >= 15 is 0 Å². The maximum atomic E-state index is 5.43. The van der Waals surface area contributed by atoms with Crippen LogP contribution in [0.25, 0.3) is 0 Å². The molecule has 110 valence electrons. The minimum atomic E-state index is 0.607. The molecule has 0 amide bonds. The van der Waals surface area contributed by atoms with Gasteiger partial charge in [0.1, 0.15) is 5.76 Å². The first-order chi connectivity index (χ1) is 9.13. The van der Waals surface area contributed by atoms with Crippen LogP contribution in [-0.2, 0) is 6.54 Å². The molecule has 1 rings (SSSR count). The third kappa shape index (κ3) is 6.79. The summed E-state index contributed by atoms with van der Waals surface area (Å²) in [6.07, 6.45) is 4.23. The van der Waals surface area contributed by atoms with Crippen molar-refractivity contribution in [3.8, 4) is 0 Å². The van der Waals surface area contributed by atoms with Gasteiger partial charge in [0.25, 0.3) is 0 Å². The molecule has 0 spiro atoms. The van der Waals surface area contributed by atoms with E-state index in [4.69, 9.17) is 4.42 Å². The lowest BCUT2D eigenvalue weighted by molar-refractivity contribution is 0.184. The second-order valence-corrected chi connectivity index (χ2v) is 5.73. The van der Waals surface area contributed by atoms with Crippen molar-refractivity contribution in [2.45, 2.75) is 53.1 Å². The average molecular weight is 266 g/mol. The summed E-state index contributed by atoms with van der Waals surface area (Å²) < 4.78 is 5.43. The Labute approximate surface area is 118 Å². The topological polar surface area (TPSA) is 28.4 Å². The van der Waals surface area contributed by atoms with Crippen LogP contribution in [0.15, 0.2) is 22.8 Å². The summed E-state index contributed by atoms with van der Waals surface area (Å²) in [6, 6.07) is 4.62. The van der Waals surface area contributed by atoms with Crippen LogP contribution in [0.3, 0.4) is 0 Å². The summed E-state index contributed by atoms with van der Waals surface area (Å²) >= 11 is 0. The molecule has 1 aromatic heterocycles. The number of furan rings is 1. The van der Waals surface area contributed by atoms with Crippen LogP contribution >= 0.6 is 0 Å². The Bertz CT molecular complexity index is 309. The zero-order valence-corrected chi connectivity index (χ0v) is 13.0. The van der Waals surface area contributed by atoms with Gasteiger partial charge in [-0.15, -0.1) is 0 Å². The monoisotopic (exact) mass is 266 g/mol. The molecule has 1 atom stereocenters. The molecule has 0 radical (unpaired) electrons. The van der Waals surface area contributed by atoms with Gasteiger partial charge in [-0.25, -0.2) is 0 Å². The zero-order valence-electron chi connectivity index (χ0n) is 13.0. The van der Waals surface area contributed by atoms with E-state index in [0.29, 0.717) is 6.04 Å². The average Bonchev–Trinajstić information content (AvgIpc) is 2.87. The van der Waals surface area contributed by atoms with Crippen LogP contribution in [0.2, 0.25) is 0 Å². The number of rotatable bonds is 10. The summed E-state index contributed by atoms with van der Waals surface area (Å²) in [7, 11) is 0. The van der Waals surface area contributed by atoms with E-state index in [2.05, 4.69) is 44.0 Å². The normalized spacial score (nSPS) is 13.4. The Kier molecular flexibility index (Phi) is 7.84. The minimum Gasteiger partial charge on any atom is -0.468 e. The Morgan fingerprint density at radius 1 is 1.32 bits per heavy atom. The Balaban J connectivity index is 2.20. The van der Waals surface area contributed by atoms with Crippen molar-refractivity contribution >= 4 is 0 Å². The van der Waals surface area contributed by atoms with Crippen LogP contribution in [0.5, 0.6) is 0 Å². The van der Waals surface area contributed by atoms with Gasteiger partial charge in [-0.1, -0.05) is 20.8 Å². The first-order valence-electron chi connectivity index (χ1n) is 7.60. The summed E-state index contributed by atoms with van der Waals surface area (Å²) in [5.74, 6) is 1.80. The largest absolute Gasteiger partial charge is 0.468 e. The van der Waals surface area contributed by atoms with Crippen molar-refractivity contribution in [3.63, 3.8) is 0 Å². The van der Waals surface area contributed by atoms with Crippen LogP contribution in [0.4, 0.5) is 0 Å². The maximum Gasteiger partial charge on any atom is 0.117 e. The third-order valence-electron chi connectivity index (χ3n) is 3.50. The van der Waals surface area contributed by atoms with Crippen LogP contribution in [-0.4, -0.2) is 30.6 Å². The van der Waals surface area contributed by atoms with Gasteiger partial charge in [-0.05, 0) is 57.5 Å². The lowest BCUT2D eigenvalue weighted by atomic mass is 10.1. The van der Waals surface area contributed by atoms with Gasteiger partial charge >= 0.3 is 0 Å². The van der Waals surface area contributed by atoms with Gasteiger partial charge in [-0.3, -0.25) is 4.90 Å². The molecule has 0 aromatic carbocycles. The molecule has 1 N–H and O–H groups in total. The lowest BCUT2D eigenvalue weighted by Crippen LogP contribution is -2.33. The van der Waals surface area contributed by atoms with Gasteiger partial charge in [-0.2, -0.15) is 0 Å². The SMILES string of the molecule is CCN(Cc1ccco1)C(C)CCCNCC(C)C. The molecule has 0 aliphatic heterocycles. The molecule has 0 bridgehead atoms. The summed E-state index contributed by atoms with van der Waals surface area (Å²) in [5, 5.41) is 3.51. The third-order valence-corrected chi connectivity index (χ3v) is 3.50. The van der Waals surface area contributed by atoms with Crippen molar-refractivity contribution in [2.75, 3.05) is 19.6 Å². The maximum absolute atomic E-state index is 5.43. The molecule has 1 heterocycles. The highest BCUT2D eigenvalue weighted by Gasteiger charge is 2.13.